The molecule has 0 aromatic heterocycles. The smallest absolute Gasteiger partial charge is 0.416 e. The first kappa shape index (κ1) is 8.70. The first-order chi connectivity index (χ1) is 5.75. The molecule has 0 spiro atoms. The molecule has 0 unspecified atom stereocenters. The Morgan fingerprint density at radius 2 is 2.42 bits per heavy atom. The number of rotatable bonds is 3. The third kappa shape index (κ3) is 1.81. The maximum absolute atomic E-state index is 11.1. The summed E-state index contributed by atoms with van der Waals surface area (Å²) in [6, 6.07) is 0. The predicted molar refractivity (Wildman–Crippen MR) is 38.4 cm³/mol. The Morgan fingerprint density at radius 3 is 2.92 bits per heavy atom. The van der Waals surface area contributed by atoms with Gasteiger partial charge in [0.25, 0.3) is 0 Å². The average molecular weight is 171 g/mol. The van der Waals surface area contributed by atoms with Gasteiger partial charge < -0.3 is 9.53 Å². The number of imide groups is 1. The number of hydrogen-bond donors (Lipinski definition) is 0. The molecule has 5 heteroatoms. The Morgan fingerprint density at radius 1 is 1.67 bits per heavy atom. The van der Waals surface area contributed by atoms with E-state index in [1.54, 1.807) is 0 Å². The Labute approximate surface area is 69.3 Å². The number of cyclic esters (lactones) is 1. The van der Waals surface area contributed by atoms with Crippen molar-refractivity contribution >= 4 is 18.3 Å². The molecule has 66 valence electrons. The molecule has 0 saturated carbocycles. The largest absolute Gasteiger partial charge is 0.447 e. The molecule has 1 rings (SSSR count). The maximum atomic E-state index is 11.1. The van der Waals surface area contributed by atoms with Gasteiger partial charge in [-0.1, -0.05) is 0 Å². The first-order valence-corrected chi connectivity index (χ1v) is 3.66. The molecule has 1 saturated heterocycles. The van der Waals surface area contributed by atoms with Gasteiger partial charge in [0, 0.05) is 12.8 Å². The summed E-state index contributed by atoms with van der Waals surface area (Å²) in [6.45, 7) is 0.558. The van der Waals surface area contributed by atoms with Crippen molar-refractivity contribution in [2.24, 2.45) is 0 Å². The van der Waals surface area contributed by atoms with Gasteiger partial charge in [0.2, 0.25) is 5.91 Å². The van der Waals surface area contributed by atoms with E-state index in [0.717, 1.165) is 4.90 Å². The lowest BCUT2D eigenvalue weighted by Crippen LogP contribution is -2.31. The number of nitrogens with zero attached hydrogens (tertiary/aromatic N) is 1. The van der Waals surface area contributed by atoms with Crippen LogP contribution in [0.2, 0.25) is 0 Å². The molecule has 0 aliphatic carbocycles. The van der Waals surface area contributed by atoms with E-state index in [9.17, 15) is 14.4 Å². The van der Waals surface area contributed by atoms with Crippen LogP contribution in [-0.4, -0.2) is 36.3 Å². The van der Waals surface area contributed by atoms with Gasteiger partial charge in [0.1, 0.15) is 12.9 Å². The van der Waals surface area contributed by atoms with Gasteiger partial charge in [0.05, 0.1) is 6.54 Å². The van der Waals surface area contributed by atoms with Crippen LogP contribution in [0.3, 0.4) is 0 Å². The Kier molecular flexibility index (Phi) is 2.79. The lowest BCUT2D eigenvalue weighted by Gasteiger charge is -2.08. The lowest BCUT2D eigenvalue weighted by molar-refractivity contribution is -0.128. The highest BCUT2D eigenvalue weighted by atomic mass is 16.6. The summed E-state index contributed by atoms with van der Waals surface area (Å²) < 4.78 is 4.54. The van der Waals surface area contributed by atoms with Crippen molar-refractivity contribution in [1.82, 2.24) is 4.90 Å². The molecule has 1 heterocycles. The van der Waals surface area contributed by atoms with Crippen molar-refractivity contribution in [3.05, 3.63) is 0 Å². The maximum Gasteiger partial charge on any atom is 0.416 e. The summed E-state index contributed by atoms with van der Waals surface area (Å²) in [4.78, 5) is 32.8. The predicted octanol–water partition coefficient (Wildman–Crippen LogP) is -0.0557. The second kappa shape index (κ2) is 3.85. The molecule has 2 amide bonds. The van der Waals surface area contributed by atoms with Crippen molar-refractivity contribution in [2.75, 3.05) is 13.2 Å². The molecule has 1 aliphatic heterocycles. The Balaban J connectivity index is 2.40. The summed E-state index contributed by atoms with van der Waals surface area (Å²) in [5, 5.41) is 0. The third-order valence-corrected chi connectivity index (χ3v) is 1.54. The number of hydrogen-bond acceptors (Lipinski definition) is 4. The number of carbonyl (C=O) groups excluding carboxylic acids is 3. The van der Waals surface area contributed by atoms with E-state index in [1.807, 2.05) is 0 Å². The lowest BCUT2D eigenvalue weighted by atomic mass is 10.3. The molecule has 0 aromatic carbocycles. The Hall–Kier alpha value is -1.39. The fourth-order valence-electron chi connectivity index (χ4n) is 0.937. The van der Waals surface area contributed by atoms with Crippen molar-refractivity contribution in [2.45, 2.75) is 12.8 Å². The van der Waals surface area contributed by atoms with Crippen LogP contribution in [0.4, 0.5) is 4.79 Å². The standard InChI is InChI=1S/C7H9NO4/c9-4-1-2-6(10)8-3-5-12-7(8)11/h4H,1-3,5H2. The number of carbonyl (C=O) groups is 3. The molecule has 1 fully saturated rings. The SMILES string of the molecule is O=CCCC(=O)N1CCOC1=O. The van der Waals surface area contributed by atoms with E-state index in [4.69, 9.17) is 0 Å². The van der Waals surface area contributed by atoms with Gasteiger partial charge >= 0.3 is 6.09 Å². The summed E-state index contributed by atoms with van der Waals surface area (Å²) >= 11 is 0. The van der Waals surface area contributed by atoms with E-state index < -0.39 is 6.09 Å². The fourth-order valence-corrected chi connectivity index (χ4v) is 0.937. The first-order valence-electron chi connectivity index (χ1n) is 3.66. The Bertz CT molecular complexity index is 213. The zero-order valence-corrected chi connectivity index (χ0v) is 6.49. The van der Waals surface area contributed by atoms with Gasteiger partial charge in [0.15, 0.2) is 0 Å². The molecule has 0 aromatic rings. The monoisotopic (exact) mass is 171 g/mol. The molecule has 12 heavy (non-hydrogen) atoms. The molecule has 0 N–H and O–H groups in total. The van der Waals surface area contributed by atoms with Crippen molar-refractivity contribution < 1.29 is 19.1 Å². The third-order valence-electron chi connectivity index (χ3n) is 1.54. The summed E-state index contributed by atoms with van der Waals surface area (Å²) in [7, 11) is 0. The molecular weight excluding hydrogens is 162 g/mol. The van der Waals surface area contributed by atoms with Crippen LogP contribution in [0, 0.1) is 0 Å². The van der Waals surface area contributed by atoms with Gasteiger partial charge in [-0.25, -0.2) is 9.69 Å². The molecule has 1 aliphatic rings. The highest BCUT2D eigenvalue weighted by Crippen LogP contribution is 2.05. The zero-order valence-electron chi connectivity index (χ0n) is 6.49. The number of aldehydes is 1. The van der Waals surface area contributed by atoms with Gasteiger partial charge in [-0.15, -0.1) is 0 Å². The van der Waals surface area contributed by atoms with Gasteiger partial charge in [-0.2, -0.15) is 0 Å². The van der Waals surface area contributed by atoms with Crippen molar-refractivity contribution in [1.29, 1.82) is 0 Å². The quantitative estimate of drug-likeness (QED) is 0.558. The van der Waals surface area contributed by atoms with Crippen LogP contribution in [0.1, 0.15) is 12.8 Å². The van der Waals surface area contributed by atoms with E-state index >= 15 is 0 Å². The van der Waals surface area contributed by atoms with Crippen molar-refractivity contribution in [3.8, 4) is 0 Å². The summed E-state index contributed by atoms with van der Waals surface area (Å²) in [6.07, 6.45) is 0.284. The van der Waals surface area contributed by atoms with E-state index in [2.05, 4.69) is 4.74 Å². The second-order valence-corrected chi connectivity index (χ2v) is 2.37. The number of ether oxygens (including phenoxy) is 1. The van der Waals surface area contributed by atoms with Gasteiger partial charge in [-0.05, 0) is 0 Å². The van der Waals surface area contributed by atoms with E-state index in [-0.39, 0.29) is 25.4 Å². The average Bonchev–Trinajstić information content (AvgIpc) is 2.47. The normalized spacial score (nSPS) is 16.0. The molecule has 0 bridgehead atoms. The topological polar surface area (TPSA) is 63.7 Å². The summed E-state index contributed by atoms with van der Waals surface area (Å²) in [5.74, 6) is -0.343. The van der Waals surface area contributed by atoms with Crippen LogP contribution in [0.25, 0.3) is 0 Å². The highest BCUT2D eigenvalue weighted by molar-refractivity contribution is 5.93. The van der Waals surface area contributed by atoms with E-state index in [0.29, 0.717) is 12.8 Å². The van der Waals surface area contributed by atoms with Crippen LogP contribution in [0.5, 0.6) is 0 Å². The number of amides is 2. The highest BCUT2D eigenvalue weighted by Gasteiger charge is 2.27. The minimum atomic E-state index is -0.606. The van der Waals surface area contributed by atoms with Crippen LogP contribution >= 0.6 is 0 Å². The van der Waals surface area contributed by atoms with E-state index in [1.165, 1.54) is 0 Å². The summed E-state index contributed by atoms with van der Waals surface area (Å²) in [5.41, 5.74) is 0. The minimum absolute atomic E-state index is 0.0819. The molecular formula is C7H9NO4. The minimum Gasteiger partial charge on any atom is -0.447 e. The van der Waals surface area contributed by atoms with Crippen LogP contribution < -0.4 is 0 Å². The zero-order chi connectivity index (χ0) is 8.97. The molecule has 0 radical (unpaired) electrons. The van der Waals surface area contributed by atoms with Crippen LogP contribution in [-0.2, 0) is 14.3 Å². The van der Waals surface area contributed by atoms with Crippen molar-refractivity contribution in [3.63, 3.8) is 0 Å². The molecule has 5 nitrogen and oxygen atoms in total. The molecule has 0 atom stereocenters. The van der Waals surface area contributed by atoms with Crippen LogP contribution in [0.15, 0.2) is 0 Å². The second-order valence-electron chi connectivity index (χ2n) is 2.37. The van der Waals surface area contributed by atoms with Gasteiger partial charge in [-0.3, -0.25) is 4.79 Å². The fraction of sp³-hybridized carbons (Fsp3) is 0.571.